The van der Waals surface area contributed by atoms with Crippen LogP contribution >= 0.6 is 11.8 Å². The van der Waals surface area contributed by atoms with E-state index in [1.807, 2.05) is 72.4 Å². The van der Waals surface area contributed by atoms with Gasteiger partial charge in [-0.1, -0.05) is 176 Å². The van der Waals surface area contributed by atoms with Crippen LogP contribution in [0.4, 0.5) is 17.1 Å². The van der Waals surface area contributed by atoms with E-state index in [1.54, 1.807) is 0 Å². The number of hydrogen-bond acceptors (Lipinski definition) is 5. The van der Waals surface area contributed by atoms with Crippen LogP contribution in [0.1, 0.15) is 0 Å². The van der Waals surface area contributed by atoms with E-state index < -0.39 is 0 Å². The lowest BCUT2D eigenvalue weighted by atomic mass is 9.93. The maximum atomic E-state index is 5.08. The highest BCUT2D eigenvalue weighted by Crippen LogP contribution is 2.50. The Balaban J connectivity index is 0.936. The summed E-state index contributed by atoms with van der Waals surface area (Å²) in [5.74, 6) is 1.98. The zero-order valence-electron chi connectivity index (χ0n) is 32.5. The van der Waals surface area contributed by atoms with E-state index in [2.05, 4.69) is 163 Å². The van der Waals surface area contributed by atoms with Gasteiger partial charge in [-0.2, -0.15) is 0 Å². The fourth-order valence-electron chi connectivity index (χ4n) is 8.20. The summed E-state index contributed by atoms with van der Waals surface area (Å²) < 4.78 is 0. The summed E-state index contributed by atoms with van der Waals surface area (Å²) in [7, 11) is 0. The van der Waals surface area contributed by atoms with Crippen molar-refractivity contribution in [2.45, 2.75) is 9.79 Å². The Morgan fingerprint density at radius 2 is 0.767 bits per heavy atom. The average molecular weight is 785 g/mol. The zero-order valence-corrected chi connectivity index (χ0v) is 33.3. The number of fused-ring (bicyclic) bond motifs is 2. The van der Waals surface area contributed by atoms with Gasteiger partial charge in [0.25, 0.3) is 0 Å². The van der Waals surface area contributed by atoms with Crippen LogP contribution in [-0.4, -0.2) is 15.0 Å². The minimum atomic E-state index is 0.658. The molecule has 1 aliphatic rings. The van der Waals surface area contributed by atoms with E-state index in [0.29, 0.717) is 17.5 Å². The minimum absolute atomic E-state index is 0.658. The van der Waals surface area contributed by atoms with Gasteiger partial charge in [0.2, 0.25) is 0 Å². The molecule has 11 rings (SSSR count). The van der Waals surface area contributed by atoms with E-state index in [-0.39, 0.29) is 0 Å². The second-order valence-electron chi connectivity index (χ2n) is 14.8. The molecule has 1 aliphatic heterocycles. The number of hydrogen-bond donors (Lipinski definition) is 0. The number of para-hydroxylation sites is 1. The molecule has 4 nitrogen and oxygen atoms in total. The third kappa shape index (κ3) is 6.61. The number of anilines is 3. The summed E-state index contributed by atoms with van der Waals surface area (Å²) in [4.78, 5) is 19.9. The predicted molar refractivity (Wildman–Crippen MR) is 249 cm³/mol. The Bertz CT molecular complexity index is 3080. The first kappa shape index (κ1) is 35.6. The van der Waals surface area contributed by atoms with Crippen LogP contribution in [0.2, 0.25) is 0 Å². The molecule has 282 valence electrons. The minimum Gasteiger partial charge on any atom is -0.311 e. The zero-order chi connectivity index (χ0) is 39.8. The first-order valence-electron chi connectivity index (χ1n) is 20.1. The highest BCUT2D eigenvalue weighted by molar-refractivity contribution is 7.99. The molecule has 2 heterocycles. The van der Waals surface area contributed by atoms with Crippen molar-refractivity contribution in [3.05, 3.63) is 218 Å². The summed E-state index contributed by atoms with van der Waals surface area (Å²) >= 11 is 1.83. The summed E-state index contributed by atoms with van der Waals surface area (Å²) in [6, 6.07) is 77.0. The molecule has 0 saturated carbocycles. The van der Waals surface area contributed by atoms with Crippen LogP contribution in [0.3, 0.4) is 0 Å². The normalized spacial score (nSPS) is 11.6. The second-order valence-corrected chi connectivity index (χ2v) is 15.9. The molecule has 5 heteroatoms. The maximum absolute atomic E-state index is 5.08. The van der Waals surface area contributed by atoms with Crippen LogP contribution in [-0.2, 0) is 0 Å². The number of nitrogens with zero attached hydrogens (tertiary/aromatic N) is 4. The molecule has 0 aliphatic carbocycles. The van der Waals surface area contributed by atoms with Crippen LogP contribution < -0.4 is 4.90 Å². The van der Waals surface area contributed by atoms with Crippen molar-refractivity contribution >= 4 is 39.6 Å². The Morgan fingerprint density at radius 1 is 0.300 bits per heavy atom. The molecule has 1 aromatic heterocycles. The van der Waals surface area contributed by atoms with Gasteiger partial charge in [0, 0.05) is 48.9 Å². The van der Waals surface area contributed by atoms with Gasteiger partial charge < -0.3 is 4.90 Å². The maximum Gasteiger partial charge on any atom is 0.164 e. The molecule has 9 aromatic carbocycles. The SMILES string of the molecule is c1ccc(-c2ccc(N(c3ccccc3)c3ccc(-c4ccc5c(c4)Sc4ccc(-c6nc(-c7ccccc7)nc(-c7ccccc7)n6)c6cccc-5c46)cc3)cc2)cc1. The molecule has 0 fully saturated rings. The molecule has 0 bridgehead atoms. The molecule has 0 radical (unpaired) electrons. The van der Waals surface area contributed by atoms with Crippen LogP contribution in [0.15, 0.2) is 228 Å². The highest BCUT2D eigenvalue weighted by Gasteiger charge is 2.23. The standard InChI is InChI=1S/C55H36N4S/c1-5-14-37(15-6-1)38-24-29-44(30-25-38)59(43-20-11-4-12-21-43)45-31-26-39(27-32-45)42-28-33-46-47-22-13-23-48-49(34-35-50(52(47)48)60-51(46)36-42)55-57-53(40-16-7-2-8-17-40)56-54(58-55)41-18-9-3-10-19-41/h1-36H. The number of rotatable bonds is 8. The topological polar surface area (TPSA) is 41.9 Å². The number of benzene rings is 9. The molecule has 60 heavy (non-hydrogen) atoms. The molecular weight excluding hydrogens is 749 g/mol. The summed E-state index contributed by atoms with van der Waals surface area (Å²) in [5.41, 5.74) is 13.5. The Morgan fingerprint density at radius 3 is 1.37 bits per heavy atom. The van der Waals surface area contributed by atoms with Gasteiger partial charge in [0.1, 0.15) is 0 Å². The van der Waals surface area contributed by atoms with E-state index in [4.69, 9.17) is 15.0 Å². The van der Waals surface area contributed by atoms with E-state index >= 15 is 0 Å². The lowest BCUT2D eigenvalue weighted by Crippen LogP contribution is -2.09. The van der Waals surface area contributed by atoms with Gasteiger partial charge in [0.05, 0.1) is 0 Å². The molecule has 0 amide bonds. The molecule has 0 unspecified atom stereocenters. The number of aromatic nitrogens is 3. The van der Waals surface area contributed by atoms with Crippen molar-refractivity contribution in [1.82, 2.24) is 15.0 Å². The quantitative estimate of drug-likeness (QED) is 0.153. The van der Waals surface area contributed by atoms with Gasteiger partial charge >= 0.3 is 0 Å². The Kier molecular flexibility index (Phi) is 9.06. The van der Waals surface area contributed by atoms with Crippen molar-refractivity contribution in [2.75, 3.05) is 4.90 Å². The molecule has 0 N–H and O–H groups in total. The largest absolute Gasteiger partial charge is 0.311 e. The van der Waals surface area contributed by atoms with Crippen molar-refractivity contribution < 1.29 is 0 Å². The Labute approximate surface area is 353 Å². The summed E-state index contributed by atoms with van der Waals surface area (Å²) in [5, 5.41) is 2.36. The van der Waals surface area contributed by atoms with E-state index in [9.17, 15) is 0 Å². The second kappa shape index (κ2) is 15.3. The predicted octanol–water partition coefficient (Wildman–Crippen LogP) is 15.0. The third-order valence-corrected chi connectivity index (χ3v) is 12.3. The van der Waals surface area contributed by atoms with Gasteiger partial charge in [-0.05, 0) is 93.4 Å². The van der Waals surface area contributed by atoms with E-state index in [0.717, 1.165) is 39.1 Å². The van der Waals surface area contributed by atoms with Gasteiger partial charge in [-0.15, -0.1) is 0 Å². The monoisotopic (exact) mass is 784 g/mol. The highest BCUT2D eigenvalue weighted by atomic mass is 32.2. The van der Waals surface area contributed by atoms with Crippen molar-refractivity contribution in [3.8, 4) is 67.5 Å². The van der Waals surface area contributed by atoms with Crippen molar-refractivity contribution in [1.29, 1.82) is 0 Å². The molecule has 0 spiro atoms. The molecular formula is C55H36N4S. The van der Waals surface area contributed by atoms with Crippen molar-refractivity contribution in [3.63, 3.8) is 0 Å². The Hall–Kier alpha value is -7.60. The van der Waals surface area contributed by atoms with Crippen LogP contribution in [0, 0.1) is 0 Å². The van der Waals surface area contributed by atoms with Gasteiger partial charge in [-0.25, -0.2) is 15.0 Å². The average Bonchev–Trinajstić information content (AvgIpc) is 3.33. The fraction of sp³-hybridized carbons (Fsp3) is 0. The third-order valence-electron chi connectivity index (χ3n) is 11.1. The first-order chi connectivity index (χ1) is 29.7. The van der Waals surface area contributed by atoms with Gasteiger partial charge in [-0.3, -0.25) is 0 Å². The first-order valence-corrected chi connectivity index (χ1v) is 20.9. The van der Waals surface area contributed by atoms with Crippen LogP contribution in [0.25, 0.3) is 78.3 Å². The van der Waals surface area contributed by atoms with Gasteiger partial charge in [0.15, 0.2) is 17.5 Å². The lowest BCUT2D eigenvalue weighted by molar-refractivity contribution is 1.08. The smallest absolute Gasteiger partial charge is 0.164 e. The molecule has 0 saturated heterocycles. The van der Waals surface area contributed by atoms with E-state index in [1.165, 1.54) is 48.6 Å². The summed E-state index contributed by atoms with van der Waals surface area (Å²) in [6.45, 7) is 0. The summed E-state index contributed by atoms with van der Waals surface area (Å²) in [6.07, 6.45) is 0. The molecule has 10 aromatic rings. The van der Waals surface area contributed by atoms with Crippen molar-refractivity contribution in [2.24, 2.45) is 0 Å². The lowest BCUT2D eigenvalue weighted by Gasteiger charge is -2.26. The fourth-order valence-corrected chi connectivity index (χ4v) is 9.36. The van der Waals surface area contributed by atoms with Crippen LogP contribution in [0.5, 0.6) is 0 Å². The molecule has 0 atom stereocenters.